The minimum atomic E-state index is -0.434. The Morgan fingerprint density at radius 1 is 0.943 bits per heavy atom. The zero-order valence-electron chi connectivity index (χ0n) is 20.5. The van der Waals surface area contributed by atoms with E-state index < -0.39 is 6.10 Å². The molecule has 3 aromatic rings. The van der Waals surface area contributed by atoms with Gasteiger partial charge in [-0.3, -0.25) is 0 Å². The Morgan fingerprint density at radius 3 is 2.63 bits per heavy atom. The number of aryl methyl sites for hydroxylation is 2. The first-order valence-electron chi connectivity index (χ1n) is 13.1. The molecule has 0 saturated carbocycles. The molecule has 4 heteroatoms. The van der Waals surface area contributed by atoms with Gasteiger partial charge in [-0.2, -0.15) is 0 Å². The molecule has 2 aliphatic rings. The van der Waals surface area contributed by atoms with Gasteiger partial charge < -0.3 is 19.9 Å². The Balaban J connectivity index is 1.11. The summed E-state index contributed by atoms with van der Waals surface area (Å²) in [6, 6.07) is 25.2. The number of aliphatic hydroxyl groups excluding tert-OH is 1. The maximum absolute atomic E-state index is 10.3. The van der Waals surface area contributed by atoms with Gasteiger partial charge in [-0.1, -0.05) is 60.7 Å². The van der Waals surface area contributed by atoms with E-state index in [1.54, 1.807) is 0 Å². The van der Waals surface area contributed by atoms with E-state index in [4.69, 9.17) is 9.47 Å². The molecule has 184 valence electrons. The third-order valence-corrected chi connectivity index (χ3v) is 7.44. The third kappa shape index (κ3) is 6.32. The summed E-state index contributed by atoms with van der Waals surface area (Å²) in [5, 5.41) is 13.8. The molecule has 2 N–H and O–H groups in total. The van der Waals surface area contributed by atoms with Gasteiger partial charge >= 0.3 is 0 Å². The molecule has 0 radical (unpaired) electrons. The number of aliphatic hydroxyl groups is 1. The summed E-state index contributed by atoms with van der Waals surface area (Å²) in [6.45, 7) is 3.18. The Kier molecular flexibility index (Phi) is 8.14. The van der Waals surface area contributed by atoms with E-state index in [9.17, 15) is 5.11 Å². The molecule has 1 aliphatic carbocycles. The van der Waals surface area contributed by atoms with Crippen LogP contribution in [0.5, 0.6) is 5.75 Å². The molecule has 0 spiro atoms. The van der Waals surface area contributed by atoms with Crippen molar-refractivity contribution >= 4 is 0 Å². The van der Waals surface area contributed by atoms with Crippen LogP contribution in [-0.2, 0) is 24.2 Å². The highest BCUT2D eigenvalue weighted by molar-refractivity contribution is 5.35. The molecule has 0 aromatic heterocycles. The summed E-state index contributed by atoms with van der Waals surface area (Å²) in [5.74, 6) is 1.27. The van der Waals surface area contributed by atoms with Gasteiger partial charge in [-0.25, -0.2) is 0 Å². The van der Waals surface area contributed by atoms with Crippen LogP contribution in [0.4, 0.5) is 0 Å². The number of piperidine rings is 1. The minimum absolute atomic E-state index is 0.170. The van der Waals surface area contributed by atoms with Crippen LogP contribution in [0.25, 0.3) is 0 Å². The fraction of sp³-hybridized carbons (Fsp3) is 0.419. The van der Waals surface area contributed by atoms with Crippen molar-refractivity contribution in [2.45, 2.75) is 63.3 Å². The highest BCUT2D eigenvalue weighted by Gasteiger charge is 2.27. The van der Waals surface area contributed by atoms with E-state index in [0.29, 0.717) is 25.6 Å². The largest absolute Gasteiger partial charge is 0.494 e. The molecule has 0 amide bonds. The van der Waals surface area contributed by atoms with Crippen LogP contribution in [0.1, 0.15) is 65.5 Å². The van der Waals surface area contributed by atoms with Crippen LogP contribution >= 0.6 is 0 Å². The molecule has 1 heterocycles. The smallest absolute Gasteiger partial charge is 0.119 e. The molecule has 3 atom stereocenters. The van der Waals surface area contributed by atoms with Crippen molar-refractivity contribution in [2.24, 2.45) is 0 Å². The van der Waals surface area contributed by atoms with Crippen molar-refractivity contribution in [3.63, 3.8) is 0 Å². The molecule has 0 bridgehead atoms. The first-order valence-corrected chi connectivity index (χ1v) is 13.1. The van der Waals surface area contributed by atoms with Gasteiger partial charge in [0.2, 0.25) is 0 Å². The number of hydrogen-bond acceptors (Lipinski definition) is 4. The van der Waals surface area contributed by atoms with Crippen LogP contribution in [-0.4, -0.2) is 30.9 Å². The van der Waals surface area contributed by atoms with Crippen LogP contribution in [0, 0.1) is 0 Å². The van der Waals surface area contributed by atoms with Crippen LogP contribution in [0.2, 0.25) is 0 Å². The van der Waals surface area contributed by atoms with Gasteiger partial charge in [0.05, 0.1) is 25.4 Å². The second-order valence-corrected chi connectivity index (χ2v) is 9.89. The van der Waals surface area contributed by atoms with Gasteiger partial charge in [-0.15, -0.1) is 0 Å². The lowest BCUT2D eigenvalue weighted by Crippen LogP contribution is -2.40. The highest BCUT2D eigenvalue weighted by atomic mass is 16.5. The second-order valence-electron chi connectivity index (χ2n) is 9.89. The Bertz CT molecular complexity index is 1070. The average Bonchev–Trinajstić information content (AvgIpc) is 3.39. The lowest BCUT2D eigenvalue weighted by Gasteiger charge is -2.32. The Morgan fingerprint density at radius 2 is 1.77 bits per heavy atom. The van der Waals surface area contributed by atoms with Crippen molar-refractivity contribution in [3.8, 4) is 5.75 Å². The van der Waals surface area contributed by atoms with Crippen molar-refractivity contribution in [1.29, 1.82) is 0 Å². The molecule has 1 aliphatic heterocycles. The van der Waals surface area contributed by atoms with E-state index in [0.717, 1.165) is 37.2 Å². The van der Waals surface area contributed by atoms with Gasteiger partial charge in [0.15, 0.2) is 0 Å². The number of nitrogens with one attached hydrogen (secondary N) is 1. The van der Waals surface area contributed by atoms with Crippen molar-refractivity contribution in [3.05, 3.63) is 101 Å². The van der Waals surface area contributed by atoms with Gasteiger partial charge in [0.1, 0.15) is 5.75 Å². The zero-order valence-corrected chi connectivity index (χ0v) is 20.5. The maximum atomic E-state index is 10.3. The maximum Gasteiger partial charge on any atom is 0.119 e. The van der Waals surface area contributed by atoms with Crippen molar-refractivity contribution < 1.29 is 14.6 Å². The first kappa shape index (κ1) is 24.1. The molecule has 4 nitrogen and oxygen atoms in total. The van der Waals surface area contributed by atoms with Crippen molar-refractivity contribution in [1.82, 2.24) is 5.32 Å². The summed E-state index contributed by atoms with van der Waals surface area (Å²) in [4.78, 5) is 0. The van der Waals surface area contributed by atoms with E-state index >= 15 is 0 Å². The molecular weight excluding hydrogens is 434 g/mol. The normalized spacial score (nSPS) is 20.4. The topological polar surface area (TPSA) is 50.7 Å². The fourth-order valence-electron chi connectivity index (χ4n) is 5.42. The van der Waals surface area contributed by atoms with Gasteiger partial charge in [0, 0.05) is 12.5 Å². The average molecular weight is 472 g/mol. The summed E-state index contributed by atoms with van der Waals surface area (Å²) >= 11 is 0. The van der Waals surface area contributed by atoms with E-state index in [-0.39, 0.29) is 6.10 Å². The molecule has 1 fully saturated rings. The molecule has 35 heavy (non-hydrogen) atoms. The number of benzene rings is 3. The fourth-order valence-corrected chi connectivity index (χ4v) is 5.42. The molecule has 5 rings (SSSR count). The second kappa shape index (κ2) is 11.9. The minimum Gasteiger partial charge on any atom is -0.494 e. The lowest BCUT2D eigenvalue weighted by atomic mass is 9.87. The van der Waals surface area contributed by atoms with E-state index in [1.165, 1.54) is 41.5 Å². The SMILES string of the molecule is OC(CCCOc1ccc(C2CCNCC2OCc2ccc3c(c2)CCC3)cc1)c1ccccc1. The monoisotopic (exact) mass is 471 g/mol. The summed E-state index contributed by atoms with van der Waals surface area (Å²) in [7, 11) is 0. The quantitative estimate of drug-likeness (QED) is 0.371. The lowest BCUT2D eigenvalue weighted by molar-refractivity contribution is 0.0106. The van der Waals surface area contributed by atoms with Crippen LogP contribution in [0.15, 0.2) is 72.8 Å². The molecular formula is C31H37NO3. The Labute approximate surface area is 209 Å². The van der Waals surface area contributed by atoms with Gasteiger partial charge in [-0.05, 0) is 85.0 Å². The van der Waals surface area contributed by atoms with Gasteiger partial charge in [0.25, 0.3) is 0 Å². The summed E-state index contributed by atoms with van der Waals surface area (Å²) < 4.78 is 12.4. The summed E-state index contributed by atoms with van der Waals surface area (Å²) in [6.07, 6.45) is 6.03. The highest BCUT2D eigenvalue weighted by Crippen LogP contribution is 2.30. The number of fused-ring (bicyclic) bond motifs is 1. The molecule has 3 aromatic carbocycles. The number of hydrogen-bond donors (Lipinski definition) is 2. The predicted octanol–water partition coefficient (Wildman–Crippen LogP) is 5.73. The standard InChI is InChI=1S/C31H37NO3/c33-30(26-6-2-1-3-7-26)10-5-19-34-28-15-13-25(14-16-28)29-17-18-32-21-31(29)35-22-23-11-12-24-8-4-9-27(24)20-23/h1-3,6-7,11-16,20,29-33H,4-5,8-10,17-19,21-22H2. The third-order valence-electron chi connectivity index (χ3n) is 7.44. The molecule has 3 unspecified atom stereocenters. The number of ether oxygens (including phenoxy) is 2. The molecule has 1 saturated heterocycles. The van der Waals surface area contributed by atoms with E-state index in [2.05, 4.69) is 47.8 Å². The Hall–Kier alpha value is -2.66. The zero-order chi connectivity index (χ0) is 23.9. The number of rotatable bonds is 10. The summed E-state index contributed by atoms with van der Waals surface area (Å²) in [5.41, 5.74) is 6.59. The van der Waals surface area contributed by atoms with E-state index in [1.807, 2.05) is 30.3 Å². The first-order chi connectivity index (χ1) is 17.3. The van der Waals surface area contributed by atoms with Crippen LogP contribution in [0.3, 0.4) is 0 Å². The van der Waals surface area contributed by atoms with Crippen LogP contribution < -0.4 is 10.1 Å². The predicted molar refractivity (Wildman–Crippen MR) is 140 cm³/mol. The van der Waals surface area contributed by atoms with Crippen molar-refractivity contribution in [2.75, 3.05) is 19.7 Å².